The largest absolute Gasteiger partial charge is 0.452 e. The Morgan fingerprint density at radius 1 is 0.800 bits per heavy atom. The number of imidazole rings is 1. The van der Waals surface area contributed by atoms with Crippen molar-refractivity contribution < 1.29 is 8.98 Å². The van der Waals surface area contributed by atoms with Crippen molar-refractivity contribution in [3.8, 4) is 0 Å². The topological polar surface area (TPSA) is 21.4 Å². The fourth-order valence-corrected chi connectivity index (χ4v) is 5.11. The average molecular weight is 387 g/mol. The van der Waals surface area contributed by atoms with E-state index in [-0.39, 0.29) is 0 Å². The van der Waals surface area contributed by atoms with E-state index in [0.29, 0.717) is 0 Å². The fourth-order valence-electron chi connectivity index (χ4n) is 5.11. The van der Waals surface area contributed by atoms with Crippen molar-refractivity contribution in [2.75, 3.05) is 0 Å². The van der Waals surface area contributed by atoms with Gasteiger partial charge in [-0.2, -0.15) is 4.40 Å². The van der Waals surface area contributed by atoms with Crippen molar-refractivity contribution in [2.24, 2.45) is 7.05 Å². The number of hydrogen-bond acceptors (Lipinski definition) is 1. The van der Waals surface area contributed by atoms with Crippen LogP contribution in [0.5, 0.6) is 0 Å². The number of aryl methyl sites for hydroxylation is 2. The third kappa shape index (κ3) is 1.87. The van der Waals surface area contributed by atoms with Gasteiger partial charge in [-0.15, -0.1) is 0 Å². The van der Waals surface area contributed by atoms with Gasteiger partial charge >= 0.3 is 0 Å². The molecule has 3 aromatic heterocycles. The highest BCUT2D eigenvalue weighted by atomic mass is 16.3. The minimum absolute atomic E-state index is 0.935. The molecule has 0 saturated carbocycles. The standard InChI is InChI=1S/C27H19N2O/c1-16-6-5-9-19-20-10-11-21-22-14-17-7-3-4-8-18(17)15-23(22)30-26(21)25(20)29-13-12-28(2)27(29)24(16)19/h3-15H,1-2H3/q+1. The number of hydrogen-bond donors (Lipinski definition) is 0. The van der Waals surface area contributed by atoms with Crippen LogP contribution >= 0.6 is 0 Å². The zero-order valence-corrected chi connectivity index (χ0v) is 16.8. The fraction of sp³-hybridized carbons (Fsp3) is 0.0741. The van der Waals surface area contributed by atoms with Crippen LogP contribution in [0.1, 0.15) is 5.56 Å². The Bertz CT molecular complexity index is 1820. The number of aromatic nitrogens is 2. The number of benzene rings is 4. The van der Waals surface area contributed by atoms with E-state index >= 15 is 0 Å². The van der Waals surface area contributed by atoms with Crippen molar-refractivity contribution in [2.45, 2.75) is 6.92 Å². The summed E-state index contributed by atoms with van der Waals surface area (Å²) in [6, 6.07) is 23.9. The lowest BCUT2D eigenvalue weighted by Crippen LogP contribution is -2.26. The summed E-state index contributed by atoms with van der Waals surface area (Å²) < 4.78 is 11.0. The monoisotopic (exact) mass is 387 g/mol. The number of rotatable bonds is 0. The summed E-state index contributed by atoms with van der Waals surface area (Å²) >= 11 is 0. The molecular weight excluding hydrogens is 368 g/mol. The number of furan rings is 1. The van der Waals surface area contributed by atoms with Crippen LogP contribution < -0.4 is 4.57 Å². The van der Waals surface area contributed by atoms with Gasteiger partial charge in [0.05, 0.1) is 12.4 Å². The van der Waals surface area contributed by atoms with E-state index in [1.54, 1.807) is 0 Å². The van der Waals surface area contributed by atoms with Gasteiger partial charge in [0.2, 0.25) is 0 Å². The SMILES string of the molecule is Cc1cccc2c3ccc4c5cc6ccccc6cc5oc4c3n3cc[n+](C)c3c12. The van der Waals surface area contributed by atoms with Gasteiger partial charge in [-0.05, 0) is 47.5 Å². The maximum Gasteiger partial charge on any atom is 0.294 e. The predicted octanol–water partition coefficient (Wildman–Crippen LogP) is 6.43. The van der Waals surface area contributed by atoms with Crippen LogP contribution in [0, 0.1) is 6.92 Å². The van der Waals surface area contributed by atoms with Crippen molar-refractivity contribution in [1.82, 2.24) is 4.40 Å². The molecular formula is C27H19N2O+. The third-order valence-electron chi connectivity index (χ3n) is 6.51. The lowest BCUT2D eigenvalue weighted by atomic mass is 10.00. The van der Waals surface area contributed by atoms with E-state index in [0.717, 1.165) is 22.1 Å². The van der Waals surface area contributed by atoms with E-state index in [1.165, 1.54) is 43.5 Å². The van der Waals surface area contributed by atoms with Crippen LogP contribution in [0.4, 0.5) is 0 Å². The molecule has 7 aromatic rings. The van der Waals surface area contributed by atoms with E-state index in [2.05, 4.69) is 102 Å². The summed E-state index contributed by atoms with van der Waals surface area (Å²) in [5, 5.41) is 8.53. The highest BCUT2D eigenvalue weighted by Gasteiger charge is 2.23. The molecule has 3 heterocycles. The number of nitrogens with zero attached hydrogens (tertiary/aromatic N) is 2. The first-order chi connectivity index (χ1) is 14.7. The molecule has 0 fully saturated rings. The molecule has 0 aliphatic rings. The van der Waals surface area contributed by atoms with Crippen LogP contribution in [-0.4, -0.2) is 4.40 Å². The van der Waals surface area contributed by atoms with Crippen molar-refractivity contribution >= 4 is 60.0 Å². The molecule has 0 unspecified atom stereocenters. The first-order valence-corrected chi connectivity index (χ1v) is 10.3. The van der Waals surface area contributed by atoms with Gasteiger partial charge in [0.1, 0.15) is 18.0 Å². The molecule has 4 aromatic carbocycles. The van der Waals surface area contributed by atoms with Crippen LogP contribution in [0.15, 0.2) is 83.5 Å². The molecule has 0 N–H and O–H groups in total. The highest BCUT2D eigenvalue weighted by Crippen LogP contribution is 2.39. The van der Waals surface area contributed by atoms with E-state index in [4.69, 9.17) is 4.42 Å². The summed E-state index contributed by atoms with van der Waals surface area (Å²) in [5.74, 6) is 0. The molecule has 0 radical (unpaired) electrons. The Morgan fingerprint density at radius 3 is 2.47 bits per heavy atom. The Balaban J connectivity index is 1.79. The number of pyridine rings is 1. The van der Waals surface area contributed by atoms with Gasteiger partial charge in [-0.25, -0.2) is 4.57 Å². The quantitative estimate of drug-likeness (QED) is 0.217. The van der Waals surface area contributed by atoms with Crippen LogP contribution in [0.2, 0.25) is 0 Å². The summed E-state index contributed by atoms with van der Waals surface area (Å²) in [6.45, 7) is 2.19. The first-order valence-electron chi connectivity index (χ1n) is 10.3. The minimum atomic E-state index is 0.935. The number of fused-ring (bicyclic) bond motifs is 11. The van der Waals surface area contributed by atoms with E-state index in [9.17, 15) is 0 Å². The van der Waals surface area contributed by atoms with Crippen molar-refractivity contribution in [3.63, 3.8) is 0 Å². The van der Waals surface area contributed by atoms with E-state index in [1.807, 2.05) is 0 Å². The van der Waals surface area contributed by atoms with Crippen molar-refractivity contribution in [3.05, 3.63) is 84.7 Å². The van der Waals surface area contributed by atoms with Crippen LogP contribution in [0.25, 0.3) is 60.0 Å². The molecule has 0 aliphatic heterocycles. The van der Waals surface area contributed by atoms with Gasteiger partial charge in [-0.3, -0.25) is 0 Å². The molecule has 0 bridgehead atoms. The molecule has 0 spiro atoms. The molecule has 3 heteroatoms. The molecule has 0 saturated heterocycles. The Labute approximate surface area is 172 Å². The maximum absolute atomic E-state index is 6.54. The predicted molar refractivity (Wildman–Crippen MR) is 123 cm³/mol. The maximum atomic E-state index is 6.54. The highest BCUT2D eigenvalue weighted by molar-refractivity contribution is 6.22. The zero-order chi connectivity index (χ0) is 20.0. The Hall–Kier alpha value is -3.85. The molecule has 7 rings (SSSR count). The second-order valence-electron chi connectivity index (χ2n) is 8.24. The third-order valence-corrected chi connectivity index (χ3v) is 6.51. The molecule has 0 aliphatic carbocycles. The Morgan fingerprint density at radius 2 is 1.60 bits per heavy atom. The molecule has 3 nitrogen and oxygen atoms in total. The second-order valence-corrected chi connectivity index (χ2v) is 8.24. The van der Waals surface area contributed by atoms with Crippen LogP contribution in [0.3, 0.4) is 0 Å². The van der Waals surface area contributed by atoms with Gasteiger partial charge in [-0.1, -0.05) is 42.5 Å². The molecule has 142 valence electrons. The smallest absolute Gasteiger partial charge is 0.294 e. The van der Waals surface area contributed by atoms with Gasteiger partial charge in [0, 0.05) is 21.5 Å². The zero-order valence-electron chi connectivity index (χ0n) is 16.8. The van der Waals surface area contributed by atoms with Gasteiger partial charge < -0.3 is 4.42 Å². The summed E-state index contributed by atoms with van der Waals surface area (Å²) in [7, 11) is 2.11. The van der Waals surface area contributed by atoms with E-state index < -0.39 is 0 Å². The molecule has 0 amide bonds. The van der Waals surface area contributed by atoms with Crippen molar-refractivity contribution in [1.29, 1.82) is 0 Å². The van der Waals surface area contributed by atoms with Gasteiger partial charge in [0.25, 0.3) is 5.65 Å². The van der Waals surface area contributed by atoms with Gasteiger partial charge in [0.15, 0.2) is 11.1 Å². The Kier molecular flexibility index (Phi) is 2.88. The average Bonchev–Trinajstić information content (AvgIpc) is 3.32. The first kappa shape index (κ1) is 16.0. The molecule has 30 heavy (non-hydrogen) atoms. The molecule has 0 atom stereocenters. The summed E-state index contributed by atoms with van der Waals surface area (Å²) in [6.07, 6.45) is 4.27. The summed E-state index contributed by atoms with van der Waals surface area (Å²) in [4.78, 5) is 0. The van der Waals surface area contributed by atoms with Crippen LogP contribution in [-0.2, 0) is 7.05 Å². The lowest BCUT2D eigenvalue weighted by Gasteiger charge is -2.07. The normalized spacial score (nSPS) is 12.3. The minimum Gasteiger partial charge on any atom is -0.452 e. The summed E-state index contributed by atoms with van der Waals surface area (Å²) in [5.41, 5.74) is 5.48. The second kappa shape index (κ2) is 5.39. The lowest BCUT2D eigenvalue weighted by molar-refractivity contribution is -0.643.